The van der Waals surface area contributed by atoms with Gasteiger partial charge in [-0.05, 0) is 38.0 Å². The van der Waals surface area contributed by atoms with Gasteiger partial charge in [0.1, 0.15) is 11.6 Å². The predicted octanol–water partition coefficient (Wildman–Crippen LogP) is 2.52. The lowest BCUT2D eigenvalue weighted by molar-refractivity contribution is 0.653. The van der Waals surface area contributed by atoms with Crippen LogP contribution in [0.3, 0.4) is 0 Å². The molecule has 1 N–H and O–H groups in total. The monoisotopic (exact) mass is 217 g/mol. The standard InChI is InChI=1S/C13H19N3/c1-8-7-10(8)13-15-11-6-4-3-5-9(11)12(14-2)16-13/h8,10H,3-7H2,1-2H3,(H,14,15,16). The maximum atomic E-state index is 4.78. The number of hydrogen-bond acceptors (Lipinski definition) is 3. The van der Waals surface area contributed by atoms with Gasteiger partial charge in [0.25, 0.3) is 0 Å². The first-order valence-electron chi connectivity index (χ1n) is 6.37. The largest absolute Gasteiger partial charge is 0.373 e. The SMILES string of the molecule is CNc1nc(C2CC2C)nc2c1CCCC2. The molecule has 0 aromatic carbocycles. The van der Waals surface area contributed by atoms with Gasteiger partial charge in [-0.15, -0.1) is 0 Å². The molecule has 0 amide bonds. The van der Waals surface area contributed by atoms with E-state index in [0.29, 0.717) is 5.92 Å². The van der Waals surface area contributed by atoms with Gasteiger partial charge in [-0.2, -0.15) is 0 Å². The summed E-state index contributed by atoms with van der Waals surface area (Å²) < 4.78 is 0. The van der Waals surface area contributed by atoms with E-state index in [2.05, 4.69) is 12.2 Å². The zero-order chi connectivity index (χ0) is 11.1. The Morgan fingerprint density at radius 3 is 2.62 bits per heavy atom. The number of anilines is 1. The van der Waals surface area contributed by atoms with Crippen LogP contribution in [0.4, 0.5) is 5.82 Å². The molecule has 1 fully saturated rings. The summed E-state index contributed by atoms with van der Waals surface area (Å²) in [7, 11) is 1.97. The normalized spacial score (nSPS) is 27.4. The number of hydrogen-bond donors (Lipinski definition) is 1. The van der Waals surface area contributed by atoms with Gasteiger partial charge in [-0.25, -0.2) is 9.97 Å². The van der Waals surface area contributed by atoms with Crippen molar-refractivity contribution < 1.29 is 0 Å². The average Bonchev–Trinajstić information content (AvgIpc) is 3.05. The Balaban J connectivity index is 2.02. The van der Waals surface area contributed by atoms with Crippen LogP contribution in [0.1, 0.15) is 49.2 Å². The molecule has 1 aromatic heterocycles. The van der Waals surface area contributed by atoms with Crippen molar-refractivity contribution in [3.8, 4) is 0 Å². The highest BCUT2D eigenvalue weighted by Crippen LogP contribution is 2.46. The van der Waals surface area contributed by atoms with E-state index in [9.17, 15) is 0 Å². The van der Waals surface area contributed by atoms with E-state index in [1.54, 1.807) is 0 Å². The van der Waals surface area contributed by atoms with Crippen LogP contribution < -0.4 is 5.32 Å². The highest BCUT2D eigenvalue weighted by Gasteiger charge is 2.37. The summed E-state index contributed by atoms with van der Waals surface area (Å²) in [5.41, 5.74) is 2.67. The summed E-state index contributed by atoms with van der Waals surface area (Å²) in [4.78, 5) is 9.48. The summed E-state index contributed by atoms with van der Waals surface area (Å²) in [6.07, 6.45) is 6.12. The lowest BCUT2D eigenvalue weighted by Gasteiger charge is -2.18. The number of nitrogens with one attached hydrogen (secondary N) is 1. The second-order valence-corrected chi connectivity index (χ2v) is 5.13. The molecule has 3 rings (SSSR count). The van der Waals surface area contributed by atoms with E-state index in [-0.39, 0.29) is 0 Å². The number of rotatable bonds is 2. The molecule has 2 atom stereocenters. The molecule has 2 aliphatic rings. The van der Waals surface area contributed by atoms with Crippen molar-refractivity contribution in [1.82, 2.24) is 9.97 Å². The zero-order valence-electron chi connectivity index (χ0n) is 10.1. The highest BCUT2D eigenvalue weighted by molar-refractivity contribution is 5.47. The van der Waals surface area contributed by atoms with E-state index < -0.39 is 0 Å². The van der Waals surface area contributed by atoms with Crippen LogP contribution in [0.15, 0.2) is 0 Å². The van der Waals surface area contributed by atoms with Crippen LogP contribution in [0.2, 0.25) is 0 Å². The zero-order valence-corrected chi connectivity index (χ0v) is 10.1. The Labute approximate surface area is 96.7 Å². The molecule has 0 radical (unpaired) electrons. The Hall–Kier alpha value is -1.12. The van der Waals surface area contributed by atoms with Crippen molar-refractivity contribution in [2.75, 3.05) is 12.4 Å². The van der Waals surface area contributed by atoms with Gasteiger partial charge in [0.2, 0.25) is 0 Å². The molecule has 86 valence electrons. The van der Waals surface area contributed by atoms with Crippen LogP contribution in [0, 0.1) is 5.92 Å². The van der Waals surface area contributed by atoms with Gasteiger partial charge < -0.3 is 5.32 Å². The molecule has 0 bridgehead atoms. The summed E-state index contributed by atoms with van der Waals surface area (Å²) in [6.45, 7) is 2.28. The van der Waals surface area contributed by atoms with Gasteiger partial charge in [0, 0.05) is 24.2 Å². The first-order chi connectivity index (χ1) is 7.79. The van der Waals surface area contributed by atoms with E-state index in [4.69, 9.17) is 9.97 Å². The summed E-state index contributed by atoms with van der Waals surface area (Å²) in [6, 6.07) is 0. The second-order valence-electron chi connectivity index (χ2n) is 5.13. The van der Waals surface area contributed by atoms with Crippen molar-refractivity contribution in [2.45, 2.75) is 44.9 Å². The summed E-state index contributed by atoms with van der Waals surface area (Å²) in [5, 5.41) is 3.24. The van der Waals surface area contributed by atoms with Gasteiger partial charge in [-0.3, -0.25) is 0 Å². The summed E-state index contributed by atoms with van der Waals surface area (Å²) >= 11 is 0. The van der Waals surface area contributed by atoms with Gasteiger partial charge in [0.05, 0.1) is 0 Å². The van der Waals surface area contributed by atoms with E-state index in [0.717, 1.165) is 30.4 Å². The van der Waals surface area contributed by atoms with E-state index in [1.165, 1.54) is 30.5 Å². The molecule has 3 heteroatoms. The van der Waals surface area contributed by atoms with Crippen molar-refractivity contribution in [3.05, 3.63) is 17.1 Å². The first-order valence-corrected chi connectivity index (χ1v) is 6.37. The maximum absolute atomic E-state index is 4.78. The molecule has 16 heavy (non-hydrogen) atoms. The number of fused-ring (bicyclic) bond motifs is 1. The van der Waals surface area contributed by atoms with Crippen molar-refractivity contribution in [2.24, 2.45) is 5.92 Å². The minimum atomic E-state index is 0.624. The van der Waals surface area contributed by atoms with Gasteiger partial charge in [0.15, 0.2) is 0 Å². The maximum Gasteiger partial charge on any atom is 0.134 e. The fourth-order valence-corrected chi connectivity index (χ4v) is 2.67. The fourth-order valence-electron chi connectivity index (χ4n) is 2.67. The van der Waals surface area contributed by atoms with Crippen molar-refractivity contribution in [3.63, 3.8) is 0 Å². The number of nitrogens with zero attached hydrogens (tertiary/aromatic N) is 2. The molecule has 1 heterocycles. The minimum absolute atomic E-state index is 0.624. The molecule has 0 aliphatic heterocycles. The van der Waals surface area contributed by atoms with Crippen LogP contribution in [-0.4, -0.2) is 17.0 Å². The molecule has 1 aromatic rings. The third-order valence-corrected chi connectivity index (χ3v) is 3.88. The fraction of sp³-hybridized carbons (Fsp3) is 0.692. The predicted molar refractivity (Wildman–Crippen MR) is 64.7 cm³/mol. The van der Waals surface area contributed by atoms with Crippen molar-refractivity contribution in [1.29, 1.82) is 0 Å². The molecule has 3 nitrogen and oxygen atoms in total. The van der Waals surface area contributed by atoms with Crippen LogP contribution in [0.5, 0.6) is 0 Å². The lowest BCUT2D eigenvalue weighted by atomic mass is 9.96. The van der Waals surface area contributed by atoms with Crippen molar-refractivity contribution >= 4 is 5.82 Å². The topological polar surface area (TPSA) is 37.8 Å². The highest BCUT2D eigenvalue weighted by atomic mass is 15.0. The average molecular weight is 217 g/mol. The Kier molecular flexibility index (Phi) is 2.34. The molecular weight excluding hydrogens is 198 g/mol. The summed E-state index contributed by atoms with van der Waals surface area (Å²) in [5.74, 6) is 3.57. The molecule has 0 saturated heterocycles. The third-order valence-electron chi connectivity index (χ3n) is 3.88. The Morgan fingerprint density at radius 2 is 1.94 bits per heavy atom. The van der Waals surface area contributed by atoms with Crippen LogP contribution in [0.25, 0.3) is 0 Å². The smallest absolute Gasteiger partial charge is 0.134 e. The van der Waals surface area contributed by atoms with E-state index >= 15 is 0 Å². The quantitative estimate of drug-likeness (QED) is 0.827. The van der Waals surface area contributed by atoms with Gasteiger partial charge in [-0.1, -0.05) is 6.92 Å². The second kappa shape index (κ2) is 3.72. The first kappa shape index (κ1) is 10.1. The van der Waals surface area contributed by atoms with Gasteiger partial charge >= 0.3 is 0 Å². The Bertz CT molecular complexity index is 397. The minimum Gasteiger partial charge on any atom is -0.373 e. The number of aryl methyl sites for hydroxylation is 1. The third kappa shape index (κ3) is 1.58. The molecular formula is C13H19N3. The molecule has 1 saturated carbocycles. The molecule has 0 spiro atoms. The molecule has 2 unspecified atom stereocenters. The Morgan fingerprint density at radius 1 is 1.19 bits per heavy atom. The number of aromatic nitrogens is 2. The molecule has 2 aliphatic carbocycles. The van der Waals surface area contributed by atoms with Crippen LogP contribution >= 0.6 is 0 Å². The van der Waals surface area contributed by atoms with Crippen LogP contribution in [-0.2, 0) is 12.8 Å². The lowest BCUT2D eigenvalue weighted by Crippen LogP contribution is -2.13. The van der Waals surface area contributed by atoms with E-state index in [1.807, 2.05) is 7.05 Å².